The van der Waals surface area contributed by atoms with E-state index >= 15 is 0 Å². The molecule has 0 atom stereocenters. The van der Waals surface area contributed by atoms with Crippen LogP contribution in [0.25, 0.3) is 0 Å². The van der Waals surface area contributed by atoms with Gasteiger partial charge < -0.3 is 9.47 Å². The average molecular weight is 397 g/mol. The van der Waals surface area contributed by atoms with Gasteiger partial charge in [0.2, 0.25) is 5.78 Å². The fraction of sp³-hybridized carbons (Fsp3) is 0.278. The summed E-state index contributed by atoms with van der Waals surface area (Å²) in [7, 11) is 1.66. The van der Waals surface area contributed by atoms with Gasteiger partial charge in [-0.3, -0.25) is 9.48 Å². The number of ether oxygens (including phenoxy) is 2. The first-order valence-corrected chi connectivity index (χ1v) is 8.59. The minimum absolute atomic E-state index is 0.0459. The number of esters is 1. The largest absolute Gasteiger partial charge is 0.480 e. The van der Waals surface area contributed by atoms with Crippen LogP contribution < -0.4 is 4.74 Å². The second kappa shape index (κ2) is 8.87. The van der Waals surface area contributed by atoms with Gasteiger partial charge in [-0.2, -0.15) is 5.10 Å². The fourth-order valence-electron chi connectivity index (χ4n) is 2.36. The van der Waals surface area contributed by atoms with Gasteiger partial charge in [0.05, 0.1) is 11.6 Å². The van der Waals surface area contributed by atoms with Gasteiger partial charge >= 0.3 is 5.97 Å². The maximum Gasteiger partial charge on any atom is 0.344 e. The summed E-state index contributed by atoms with van der Waals surface area (Å²) in [6.07, 6.45) is 3.53. The highest BCUT2D eigenvalue weighted by atomic mass is 35.5. The number of nitrogens with zero attached hydrogens (tertiary/aromatic N) is 2. The lowest BCUT2D eigenvalue weighted by Crippen LogP contribution is -2.16. The Balaban J connectivity index is 2.44. The quantitative estimate of drug-likeness (QED) is 0.387. The van der Waals surface area contributed by atoms with Crippen molar-refractivity contribution in [1.29, 1.82) is 0 Å². The number of benzene rings is 1. The molecule has 2 aromatic rings. The maximum absolute atomic E-state index is 12.8. The van der Waals surface area contributed by atoms with Gasteiger partial charge in [-0.05, 0) is 25.5 Å². The summed E-state index contributed by atoms with van der Waals surface area (Å²) in [6, 6.07) is 3.18. The molecule has 1 heterocycles. The first-order chi connectivity index (χ1) is 12.4. The van der Waals surface area contributed by atoms with E-state index in [0.29, 0.717) is 17.7 Å². The number of allylic oxidation sites excluding steroid dienone is 1. The molecule has 0 saturated carbocycles. The van der Waals surface area contributed by atoms with E-state index in [1.165, 1.54) is 10.9 Å². The third-order valence-corrected chi connectivity index (χ3v) is 4.39. The lowest BCUT2D eigenvalue weighted by Gasteiger charge is -2.16. The highest BCUT2D eigenvalue weighted by molar-refractivity contribution is 6.45. The maximum atomic E-state index is 12.8. The van der Waals surface area contributed by atoms with E-state index in [4.69, 9.17) is 32.7 Å². The van der Waals surface area contributed by atoms with Crippen LogP contribution in [0.2, 0.25) is 10.0 Å². The van der Waals surface area contributed by atoms with E-state index < -0.39 is 5.97 Å². The highest BCUT2D eigenvalue weighted by Crippen LogP contribution is 2.39. The average Bonchev–Trinajstić information content (AvgIpc) is 3.03. The Morgan fingerprint density at radius 1 is 1.35 bits per heavy atom. The number of hydrogen-bond acceptors (Lipinski definition) is 5. The molecule has 0 saturated heterocycles. The zero-order valence-corrected chi connectivity index (χ0v) is 15.9. The van der Waals surface area contributed by atoms with Crippen molar-refractivity contribution < 1.29 is 19.1 Å². The standard InChI is InChI=1S/C18H18Cl2N2O4/c1-4-6-11-9-12(17(24)13-7-8-21-22(13)3)15(19)16(20)18(11)26-10-14(23)25-5-2/h4,7-9H,1,5-6,10H2,2-3H3. The summed E-state index contributed by atoms with van der Waals surface area (Å²) in [4.78, 5) is 24.3. The molecule has 0 radical (unpaired) electrons. The van der Waals surface area contributed by atoms with E-state index in [0.717, 1.165) is 0 Å². The zero-order valence-electron chi connectivity index (χ0n) is 14.4. The number of hydrogen-bond donors (Lipinski definition) is 0. The van der Waals surface area contributed by atoms with E-state index in [1.807, 2.05) is 0 Å². The molecule has 0 unspecified atom stereocenters. The van der Waals surface area contributed by atoms with Crippen LogP contribution in [-0.4, -0.2) is 34.7 Å². The molecule has 6 nitrogen and oxygen atoms in total. The van der Waals surface area contributed by atoms with Crippen LogP contribution in [0.15, 0.2) is 31.0 Å². The van der Waals surface area contributed by atoms with Gasteiger partial charge in [0, 0.05) is 24.4 Å². The van der Waals surface area contributed by atoms with Gasteiger partial charge in [-0.15, -0.1) is 6.58 Å². The Labute approximate surface area is 161 Å². The Bertz CT molecular complexity index is 846. The van der Waals surface area contributed by atoms with E-state index in [1.54, 1.807) is 32.2 Å². The Hall–Kier alpha value is -2.31. The van der Waals surface area contributed by atoms with Crippen molar-refractivity contribution >= 4 is 35.0 Å². The minimum atomic E-state index is -0.528. The van der Waals surface area contributed by atoms with Crippen molar-refractivity contribution in [3.63, 3.8) is 0 Å². The second-order valence-electron chi connectivity index (χ2n) is 5.30. The van der Waals surface area contributed by atoms with Crippen molar-refractivity contribution in [2.24, 2.45) is 7.05 Å². The molecule has 138 valence electrons. The number of carbonyl (C=O) groups excluding carboxylic acids is 2. The first kappa shape index (κ1) is 20.0. The van der Waals surface area contributed by atoms with E-state index in [-0.39, 0.29) is 40.4 Å². The van der Waals surface area contributed by atoms with Gasteiger partial charge in [0.1, 0.15) is 16.5 Å². The highest BCUT2D eigenvalue weighted by Gasteiger charge is 2.23. The number of carbonyl (C=O) groups is 2. The van der Waals surface area contributed by atoms with Crippen LogP contribution in [0.4, 0.5) is 0 Å². The van der Waals surface area contributed by atoms with E-state index in [2.05, 4.69) is 11.7 Å². The molecule has 2 rings (SSSR count). The van der Waals surface area contributed by atoms with Crippen LogP contribution in [0.5, 0.6) is 5.75 Å². The molecular formula is C18H18Cl2N2O4. The number of ketones is 1. The van der Waals surface area contributed by atoms with Crippen molar-refractivity contribution in [3.8, 4) is 5.75 Å². The summed E-state index contributed by atoms with van der Waals surface area (Å²) in [6.45, 7) is 5.32. The third-order valence-electron chi connectivity index (χ3n) is 3.54. The van der Waals surface area contributed by atoms with Gasteiger partial charge in [0.15, 0.2) is 6.61 Å². The topological polar surface area (TPSA) is 70.4 Å². The molecule has 0 aliphatic carbocycles. The lowest BCUT2D eigenvalue weighted by atomic mass is 10.0. The number of halogens is 2. The summed E-state index contributed by atoms with van der Waals surface area (Å²) in [5.74, 6) is -0.621. The monoisotopic (exact) mass is 396 g/mol. The van der Waals surface area contributed by atoms with Crippen molar-refractivity contribution in [2.45, 2.75) is 13.3 Å². The molecule has 0 aliphatic rings. The van der Waals surface area contributed by atoms with Crippen LogP contribution in [0, 0.1) is 0 Å². The SMILES string of the molecule is C=CCc1cc(C(=O)c2ccnn2C)c(Cl)c(Cl)c1OCC(=O)OCC. The smallest absolute Gasteiger partial charge is 0.344 e. The Morgan fingerprint density at radius 2 is 2.08 bits per heavy atom. The van der Waals surface area contributed by atoms with Crippen LogP contribution in [0.3, 0.4) is 0 Å². The van der Waals surface area contributed by atoms with Crippen molar-refractivity contribution in [1.82, 2.24) is 9.78 Å². The Kier molecular flexibility index (Phi) is 6.83. The molecule has 0 amide bonds. The molecule has 8 heteroatoms. The van der Waals surface area contributed by atoms with E-state index in [9.17, 15) is 9.59 Å². The predicted octanol–water partition coefficient (Wildman–Crippen LogP) is 3.63. The van der Waals surface area contributed by atoms with Crippen molar-refractivity contribution in [3.05, 3.63) is 57.9 Å². The predicted molar refractivity (Wildman–Crippen MR) is 99.1 cm³/mol. The number of rotatable bonds is 8. The molecule has 0 N–H and O–H groups in total. The second-order valence-corrected chi connectivity index (χ2v) is 6.05. The third kappa shape index (κ3) is 4.26. The van der Waals surface area contributed by atoms with Gasteiger partial charge in [0.25, 0.3) is 0 Å². The number of aryl methyl sites for hydroxylation is 1. The Morgan fingerprint density at radius 3 is 2.65 bits per heavy atom. The molecule has 0 aliphatic heterocycles. The van der Waals surface area contributed by atoms with Gasteiger partial charge in [-0.1, -0.05) is 29.3 Å². The zero-order chi connectivity index (χ0) is 19.3. The fourth-order valence-corrected chi connectivity index (χ4v) is 2.86. The molecular weight excluding hydrogens is 379 g/mol. The normalized spacial score (nSPS) is 10.5. The van der Waals surface area contributed by atoms with Crippen LogP contribution in [-0.2, 0) is 23.0 Å². The molecule has 1 aromatic carbocycles. The summed E-state index contributed by atoms with van der Waals surface area (Å²) in [5.41, 5.74) is 1.18. The molecule has 0 spiro atoms. The molecule has 0 bridgehead atoms. The molecule has 1 aromatic heterocycles. The lowest BCUT2D eigenvalue weighted by molar-refractivity contribution is -0.145. The number of aromatic nitrogens is 2. The first-order valence-electron chi connectivity index (χ1n) is 7.83. The summed E-state index contributed by atoms with van der Waals surface area (Å²) >= 11 is 12.6. The summed E-state index contributed by atoms with van der Waals surface area (Å²) in [5, 5.41) is 4.09. The summed E-state index contributed by atoms with van der Waals surface area (Å²) < 4.78 is 11.8. The molecule has 26 heavy (non-hydrogen) atoms. The molecule has 0 fully saturated rings. The van der Waals surface area contributed by atoms with Crippen molar-refractivity contribution in [2.75, 3.05) is 13.2 Å². The minimum Gasteiger partial charge on any atom is -0.480 e. The van der Waals surface area contributed by atoms with Gasteiger partial charge in [-0.25, -0.2) is 4.79 Å². The van der Waals surface area contributed by atoms with Crippen LogP contribution >= 0.6 is 23.2 Å². The van der Waals surface area contributed by atoms with Crippen LogP contribution in [0.1, 0.15) is 28.5 Å².